The SMILES string of the molecule is CCNCc1ccnc(OCCN2CCCC2)c1F. The number of aromatic nitrogens is 1. The van der Waals surface area contributed by atoms with Gasteiger partial charge in [-0.1, -0.05) is 6.92 Å². The molecule has 106 valence electrons. The Morgan fingerprint density at radius 2 is 2.21 bits per heavy atom. The highest BCUT2D eigenvalue weighted by molar-refractivity contribution is 5.23. The van der Waals surface area contributed by atoms with Gasteiger partial charge >= 0.3 is 0 Å². The second-order valence-corrected chi connectivity index (χ2v) is 4.77. The first kappa shape index (κ1) is 14.2. The highest BCUT2D eigenvalue weighted by Crippen LogP contribution is 2.17. The number of hydrogen-bond donors (Lipinski definition) is 1. The van der Waals surface area contributed by atoms with Gasteiger partial charge in [0.2, 0.25) is 0 Å². The molecular weight excluding hydrogens is 245 g/mol. The molecular formula is C14H22FN3O. The first-order valence-electron chi connectivity index (χ1n) is 7.00. The Kier molecular flexibility index (Phi) is 5.54. The van der Waals surface area contributed by atoms with Crippen LogP contribution in [-0.2, 0) is 6.54 Å². The smallest absolute Gasteiger partial charge is 0.250 e. The molecule has 4 nitrogen and oxygen atoms in total. The van der Waals surface area contributed by atoms with E-state index in [1.807, 2.05) is 6.92 Å². The molecule has 0 aliphatic carbocycles. The summed E-state index contributed by atoms with van der Waals surface area (Å²) in [6.07, 6.45) is 4.11. The summed E-state index contributed by atoms with van der Waals surface area (Å²) in [5.41, 5.74) is 0.605. The van der Waals surface area contributed by atoms with Crippen LogP contribution in [0.5, 0.6) is 5.88 Å². The molecule has 19 heavy (non-hydrogen) atoms. The molecule has 5 heteroatoms. The number of nitrogens with one attached hydrogen (secondary N) is 1. The molecule has 1 N–H and O–H groups in total. The van der Waals surface area contributed by atoms with Gasteiger partial charge in [-0.25, -0.2) is 9.37 Å². The molecule has 0 bridgehead atoms. The summed E-state index contributed by atoms with van der Waals surface area (Å²) in [4.78, 5) is 6.30. The van der Waals surface area contributed by atoms with E-state index in [0.717, 1.165) is 26.2 Å². The van der Waals surface area contributed by atoms with Crippen LogP contribution >= 0.6 is 0 Å². The number of rotatable bonds is 7. The van der Waals surface area contributed by atoms with Gasteiger partial charge in [-0.3, -0.25) is 4.90 Å². The van der Waals surface area contributed by atoms with Crippen molar-refractivity contribution < 1.29 is 9.13 Å². The Bertz CT molecular complexity index is 394. The summed E-state index contributed by atoms with van der Waals surface area (Å²) >= 11 is 0. The summed E-state index contributed by atoms with van der Waals surface area (Å²) in [5, 5.41) is 3.10. The van der Waals surface area contributed by atoms with Crippen molar-refractivity contribution in [1.82, 2.24) is 15.2 Å². The Balaban J connectivity index is 1.84. The van der Waals surface area contributed by atoms with Crippen LogP contribution in [0.1, 0.15) is 25.3 Å². The summed E-state index contributed by atoms with van der Waals surface area (Å²) in [5.74, 6) is -0.223. The van der Waals surface area contributed by atoms with Crippen LogP contribution in [0.3, 0.4) is 0 Å². The van der Waals surface area contributed by atoms with Gasteiger partial charge in [0.05, 0.1) is 0 Å². The third-order valence-corrected chi connectivity index (χ3v) is 3.35. The van der Waals surface area contributed by atoms with Crippen LogP contribution in [-0.4, -0.2) is 42.7 Å². The monoisotopic (exact) mass is 267 g/mol. The van der Waals surface area contributed by atoms with Gasteiger partial charge in [-0.2, -0.15) is 0 Å². The third-order valence-electron chi connectivity index (χ3n) is 3.35. The minimum Gasteiger partial charge on any atom is -0.474 e. The molecule has 1 aromatic heterocycles. The van der Waals surface area contributed by atoms with Gasteiger partial charge in [-0.15, -0.1) is 0 Å². The van der Waals surface area contributed by atoms with E-state index in [0.29, 0.717) is 18.7 Å². The van der Waals surface area contributed by atoms with E-state index in [-0.39, 0.29) is 11.7 Å². The van der Waals surface area contributed by atoms with Gasteiger partial charge in [0.25, 0.3) is 5.88 Å². The highest BCUT2D eigenvalue weighted by atomic mass is 19.1. The van der Waals surface area contributed by atoms with Crippen molar-refractivity contribution in [2.75, 3.05) is 32.8 Å². The Labute approximate surface area is 114 Å². The molecule has 0 saturated carbocycles. The molecule has 0 amide bonds. The van der Waals surface area contributed by atoms with Gasteiger partial charge in [-0.05, 0) is 38.5 Å². The molecule has 1 aliphatic heterocycles. The second kappa shape index (κ2) is 7.40. The molecule has 0 radical (unpaired) electrons. The van der Waals surface area contributed by atoms with E-state index in [1.165, 1.54) is 12.8 Å². The zero-order valence-electron chi connectivity index (χ0n) is 11.5. The zero-order valence-corrected chi connectivity index (χ0v) is 11.5. The van der Waals surface area contributed by atoms with Crippen molar-refractivity contribution in [3.63, 3.8) is 0 Å². The van der Waals surface area contributed by atoms with Crippen LogP contribution in [0.4, 0.5) is 4.39 Å². The van der Waals surface area contributed by atoms with Gasteiger partial charge in [0, 0.05) is 24.8 Å². The van der Waals surface area contributed by atoms with E-state index >= 15 is 0 Å². The average molecular weight is 267 g/mol. The molecule has 2 rings (SSSR count). The van der Waals surface area contributed by atoms with Crippen LogP contribution in [0, 0.1) is 5.82 Å². The quantitative estimate of drug-likeness (QED) is 0.817. The van der Waals surface area contributed by atoms with Gasteiger partial charge < -0.3 is 10.1 Å². The Morgan fingerprint density at radius 3 is 2.95 bits per heavy atom. The van der Waals surface area contributed by atoms with Crippen molar-refractivity contribution in [3.8, 4) is 5.88 Å². The van der Waals surface area contributed by atoms with Crippen LogP contribution < -0.4 is 10.1 Å². The molecule has 0 spiro atoms. The predicted molar refractivity (Wildman–Crippen MR) is 72.7 cm³/mol. The fraction of sp³-hybridized carbons (Fsp3) is 0.643. The maximum atomic E-state index is 14.1. The standard InChI is InChI=1S/C14H22FN3O/c1-2-16-11-12-5-6-17-14(13(12)15)19-10-9-18-7-3-4-8-18/h5-6,16H,2-4,7-11H2,1H3. The fourth-order valence-electron chi connectivity index (χ4n) is 2.24. The van der Waals surface area contributed by atoms with Crippen molar-refractivity contribution in [2.45, 2.75) is 26.3 Å². The van der Waals surface area contributed by atoms with Gasteiger partial charge in [0.1, 0.15) is 6.61 Å². The van der Waals surface area contributed by atoms with E-state index in [2.05, 4.69) is 15.2 Å². The molecule has 1 aromatic rings. The first-order valence-corrected chi connectivity index (χ1v) is 7.00. The van der Waals surface area contributed by atoms with E-state index in [1.54, 1.807) is 12.3 Å². The van der Waals surface area contributed by atoms with Crippen LogP contribution in [0.2, 0.25) is 0 Å². The number of nitrogens with zero attached hydrogens (tertiary/aromatic N) is 2. The van der Waals surface area contributed by atoms with E-state index < -0.39 is 0 Å². The highest BCUT2D eigenvalue weighted by Gasteiger charge is 2.13. The lowest BCUT2D eigenvalue weighted by Gasteiger charge is -2.15. The van der Waals surface area contributed by atoms with Crippen LogP contribution in [0.25, 0.3) is 0 Å². The van der Waals surface area contributed by atoms with Gasteiger partial charge in [0.15, 0.2) is 5.82 Å². The summed E-state index contributed by atoms with van der Waals surface area (Å²) in [7, 11) is 0. The fourth-order valence-corrected chi connectivity index (χ4v) is 2.24. The summed E-state index contributed by atoms with van der Waals surface area (Å²) < 4.78 is 19.5. The lowest BCUT2D eigenvalue weighted by molar-refractivity contribution is 0.224. The molecule has 1 fully saturated rings. The lowest BCUT2D eigenvalue weighted by Crippen LogP contribution is -2.25. The zero-order chi connectivity index (χ0) is 13.5. The lowest BCUT2D eigenvalue weighted by atomic mass is 10.2. The number of pyridine rings is 1. The number of likely N-dealkylation sites (tertiary alicyclic amines) is 1. The van der Waals surface area contributed by atoms with Crippen molar-refractivity contribution in [3.05, 3.63) is 23.6 Å². The second-order valence-electron chi connectivity index (χ2n) is 4.77. The maximum Gasteiger partial charge on any atom is 0.250 e. The van der Waals surface area contributed by atoms with Crippen LogP contribution in [0.15, 0.2) is 12.3 Å². The third kappa shape index (κ3) is 4.14. The molecule has 1 saturated heterocycles. The predicted octanol–water partition coefficient (Wildman–Crippen LogP) is 1.80. The Hall–Kier alpha value is -1.20. The number of ether oxygens (including phenoxy) is 1. The minimum atomic E-state index is -0.343. The first-order chi connectivity index (χ1) is 9.31. The summed E-state index contributed by atoms with van der Waals surface area (Å²) in [6, 6.07) is 1.69. The largest absolute Gasteiger partial charge is 0.474 e. The van der Waals surface area contributed by atoms with Crippen molar-refractivity contribution in [1.29, 1.82) is 0 Å². The van der Waals surface area contributed by atoms with E-state index in [4.69, 9.17) is 4.74 Å². The van der Waals surface area contributed by atoms with Crippen molar-refractivity contribution >= 4 is 0 Å². The Morgan fingerprint density at radius 1 is 1.42 bits per heavy atom. The average Bonchev–Trinajstić information content (AvgIpc) is 2.92. The molecule has 2 heterocycles. The number of hydrogen-bond acceptors (Lipinski definition) is 4. The number of halogens is 1. The van der Waals surface area contributed by atoms with Crippen molar-refractivity contribution in [2.24, 2.45) is 0 Å². The maximum absolute atomic E-state index is 14.1. The molecule has 0 aromatic carbocycles. The minimum absolute atomic E-state index is 0.120. The molecule has 0 atom stereocenters. The van der Waals surface area contributed by atoms with E-state index in [9.17, 15) is 4.39 Å². The summed E-state index contributed by atoms with van der Waals surface area (Å²) in [6.45, 7) is 6.90. The molecule has 1 aliphatic rings. The molecule has 0 unspecified atom stereocenters. The normalized spacial score (nSPS) is 15.9. The topological polar surface area (TPSA) is 37.4 Å².